The fourth-order valence-corrected chi connectivity index (χ4v) is 2.10. The molecule has 118 valence electrons. The van der Waals surface area contributed by atoms with Crippen LogP contribution in [0.5, 0.6) is 5.75 Å². The normalized spacial score (nSPS) is 10.8. The zero-order valence-corrected chi connectivity index (χ0v) is 13.8. The zero-order valence-electron chi connectivity index (χ0n) is 13.0. The maximum atomic E-state index is 5.72. The number of ether oxygens (including phenoxy) is 2. The molecule has 0 amide bonds. The van der Waals surface area contributed by atoms with Gasteiger partial charge in [0.15, 0.2) is 0 Å². The van der Waals surface area contributed by atoms with E-state index in [9.17, 15) is 0 Å². The first kappa shape index (κ1) is 17.9. The molecule has 0 fully saturated rings. The van der Waals surface area contributed by atoms with E-state index in [4.69, 9.17) is 27.4 Å². The standard InChI is InChI=1S/C16H26N2O2S/c1-3-18(11-13-19-4-2)10-5-12-20-15-8-6-14(7-9-15)16(17)21/h6-9H,3-5,10-13H2,1-2H3,(H2,17,21). The molecule has 5 heteroatoms. The van der Waals surface area contributed by atoms with Crippen LogP contribution >= 0.6 is 12.2 Å². The van der Waals surface area contributed by atoms with Crippen LogP contribution in [0.3, 0.4) is 0 Å². The fourth-order valence-electron chi connectivity index (χ4n) is 1.96. The third-order valence-electron chi connectivity index (χ3n) is 3.23. The van der Waals surface area contributed by atoms with Gasteiger partial charge >= 0.3 is 0 Å². The van der Waals surface area contributed by atoms with Crippen LogP contribution in [0.2, 0.25) is 0 Å². The van der Waals surface area contributed by atoms with E-state index in [1.165, 1.54) is 0 Å². The molecule has 0 atom stereocenters. The van der Waals surface area contributed by atoms with Crippen LogP contribution < -0.4 is 10.5 Å². The zero-order chi connectivity index (χ0) is 15.5. The number of thiocarbonyl (C=S) groups is 1. The maximum absolute atomic E-state index is 5.72. The highest BCUT2D eigenvalue weighted by Crippen LogP contribution is 2.12. The van der Waals surface area contributed by atoms with E-state index in [0.29, 0.717) is 11.6 Å². The van der Waals surface area contributed by atoms with Crippen molar-refractivity contribution in [3.63, 3.8) is 0 Å². The van der Waals surface area contributed by atoms with E-state index in [-0.39, 0.29) is 0 Å². The smallest absolute Gasteiger partial charge is 0.119 e. The highest BCUT2D eigenvalue weighted by Gasteiger charge is 2.02. The molecule has 0 spiro atoms. The minimum Gasteiger partial charge on any atom is -0.494 e. The van der Waals surface area contributed by atoms with Crippen LogP contribution in [0.4, 0.5) is 0 Å². The number of nitrogens with two attached hydrogens (primary N) is 1. The molecule has 0 unspecified atom stereocenters. The maximum Gasteiger partial charge on any atom is 0.119 e. The van der Waals surface area contributed by atoms with Crippen molar-refractivity contribution < 1.29 is 9.47 Å². The molecule has 4 nitrogen and oxygen atoms in total. The first-order valence-corrected chi connectivity index (χ1v) is 7.91. The second kappa shape index (κ2) is 10.5. The largest absolute Gasteiger partial charge is 0.494 e. The van der Waals surface area contributed by atoms with Gasteiger partial charge in [0.1, 0.15) is 10.7 Å². The van der Waals surface area contributed by atoms with Gasteiger partial charge in [-0.05, 0) is 44.2 Å². The van der Waals surface area contributed by atoms with Crippen molar-refractivity contribution in [3.05, 3.63) is 29.8 Å². The van der Waals surface area contributed by atoms with Crippen molar-refractivity contribution in [1.29, 1.82) is 0 Å². The number of likely N-dealkylation sites (N-methyl/N-ethyl adjacent to an activating group) is 1. The summed E-state index contributed by atoms with van der Waals surface area (Å²) in [5, 5.41) is 0. The predicted octanol–water partition coefficient (Wildman–Crippen LogP) is 2.45. The lowest BCUT2D eigenvalue weighted by atomic mass is 10.2. The third kappa shape index (κ3) is 7.41. The molecular formula is C16H26N2O2S. The lowest BCUT2D eigenvalue weighted by Crippen LogP contribution is -2.29. The summed E-state index contributed by atoms with van der Waals surface area (Å²) < 4.78 is 11.1. The van der Waals surface area contributed by atoms with Gasteiger partial charge in [0.25, 0.3) is 0 Å². The Kier molecular flexibility index (Phi) is 8.98. The summed E-state index contributed by atoms with van der Waals surface area (Å²) in [5.74, 6) is 0.854. The van der Waals surface area contributed by atoms with Crippen LogP contribution in [0.1, 0.15) is 25.8 Å². The molecular weight excluding hydrogens is 284 g/mol. The minimum atomic E-state index is 0.412. The average Bonchev–Trinajstić information content (AvgIpc) is 2.50. The molecule has 1 aromatic carbocycles. The van der Waals surface area contributed by atoms with Gasteiger partial charge in [-0.3, -0.25) is 0 Å². The van der Waals surface area contributed by atoms with E-state index in [2.05, 4.69) is 11.8 Å². The molecule has 2 N–H and O–H groups in total. The number of hydrogen-bond donors (Lipinski definition) is 1. The summed E-state index contributed by atoms with van der Waals surface area (Å²) in [6.45, 7) is 9.51. The Labute approximate surface area is 133 Å². The van der Waals surface area contributed by atoms with Crippen LogP contribution in [-0.4, -0.2) is 49.3 Å². The summed E-state index contributed by atoms with van der Waals surface area (Å²) in [5.41, 5.74) is 6.43. The molecule has 0 radical (unpaired) electrons. The van der Waals surface area contributed by atoms with E-state index in [1.807, 2.05) is 31.2 Å². The molecule has 0 saturated heterocycles. The molecule has 0 aromatic heterocycles. The van der Waals surface area contributed by atoms with Crippen LogP contribution in [-0.2, 0) is 4.74 Å². The van der Waals surface area contributed by atoms with Crippen molar-refractivity contribution in [1.82, 2.24) is 4.90 Å². The van der Waals surface area contributed by atoms with Gasteiger partial charge in [0.2, 0.25) is 0 Å². The fraction of sp³-hybridized carbons (Fsp3) is 0.562. The molecule has 0 saturated carbocycles. The van der Waals surface area contributed by atoms with Crippen molar-refractivity contribution in [2.24, 2.45) is 5.73 Å². The minimum absolute atomic E-state index is 0.412. The third-order valence-corrected chi connectivity index (χ3v) is 3.47. The van der Waals surface area contributed by atoms with Gasteiger partial charge in [-0.2, -0.15) is 0 Å². The topological polar surface area (TPSA) is 47.7 Å². The average molecular weight is 310 g/mol. The lowest BCUT2D eigenvalue weighted by molar-refractivity contribution is 0.112. The highest BCUT2D eigenvalue weighted by molar-refractivity contribution is 7.80. The SMILES string of the molecule is CCOCCN(CC)CCCOc1ccc(C(N)=S)cc1. The second-order valence-corrected chi connectivity index (χ2v) is 5.16. The quantitative estimate of drug-likeness (QED) is 0.502. The van der Waals surface area contributed by atoms with Crippen LogP contribution in [0.25, 0.3) is 0 Å². The molecule has 0 heterocycles. The van der Waals surface area contributed by atoms with Crippen molar-refractivity contribution in [3.8, 4) is 5.75 Å². The van der Waals surface area contributed by atoms with Crippen molar-refractivity contribution in [2.45, 2.75) is 20.3 Å². The van der Waals surface area contributed by atoms with Crippen molar-refractivity contribution >= 4 is 17.2 Å². The number of hydrogen-bond acceptors (Lipinski definition) is 4. The summed E-state index contributed by atoms with van der Waals surface area (Å²) in [7, 11) is 0. The summed E-state index contributed by atoms with van der Waals surface area (Å²) >= 11 is 4.92. The predicted molar refractivity (Wildman–Crippen MR) is 91.0 cm³/mol. The number of benzene rings is 1. The van der Waals surface area contributed by atoms with E-state index < -0.39 is 0 Å². The van der Waals surface area contributed by atoms with E-state index >= 15 is 0 Å². The Bertz CT molecular complexity index is 409. The molecule has 1 rings (SSSR count). The van der Waals surface area contributed by atoms with Gasteiger partial charge in [-0.25, -0.2) is 0 Å². The van der Waals surface area contributed by atoms with Gasteiger partial charge in [0.05, 0.1) is 13.2 Å². The van der Waals surface area contributed by atoms with Gasteiger partial charge in [-0.1, -0.05) is 19.1 Å². The molecule has 0 bridgehead atoms. The van der Waals surface area contributed by atoms with E-state index in [1.54, 1.807) is 0 Å². The molecule has 1 aromatic rings. The van der Waals surface area contributed by atoms with Crippen LogP contribution in [0, 0.1) is 0 Å². The Balaban J connectivity index is 2.21. The molecule has 21 heavy (non-hydrogen) atoms. The van der Waals surface area contributed by atoms with Crippen LogP contribution in [0.15, 0.2) is 24.3 Å². The molecule has 0 aliphatic carbocycles. The van der Waals surface area contributed by atoms with Gasteiger partial charge < -0.3 is 20.1 Å². The Hall–Kier alpha value is -1.17. The summed E-state index contributed by atoms with van der Waals surface area (Å²) in [4.78, 5) is 2.78. The Morgan fingerprint density at radius 1 is 1.14 bits per heavy atom. The number of rotatable bonds is 11. The van der Waals surface area contributed by atoms with E-state index in [0.717, 1.165) is 50.6 Å². The van der Waals surface area contributed by atoms with Crippen molar-refractivity contribution in [2.75, 3.05) is 39.5 Å². The highest BCUT2D eigenvalue weighted by atomic mass is 32.1. The molecule has 0 aliphatic rings. The second-order valence-electron chi connectivity index (χ2n) is 4.72. The summed E-state index contributed by atoms with van der Waals surface area (Å²) in [6, 6.07) is 7.58. The first-order chi connectivity index (χ1) is 10.2. The van der Waals surface area contributed by atoms with Gasteiger partial charge in [-0.15, -0.1) is 0 Å². The Morgan fingerprint density at radius 2 is 1.86 bits per heavy atom. The molecule has 0 aliphatic heterocycles. The first-order valence-electron chi connectivity index (χ1n) is 7.50. The number of nitrogens with zero attached hydrogens (tertiary/aromatic N) is 1. The Morgan fingerprint density at radius 3 is 2.43 bits per heavy atom. The summed E-state index contributed by atoms with van der Waals surface area (Å²) in [6.07, 6.45) is 0.997. The monoisotopic (exact) mass is 310 g/mol. The lowest BCUT2D eigenvalue weighted by Gasteiger charge is -2.20. The van der Waals surface area contributed by atoms with Gasteiger partial charge in [0, 0.05) is 25.3 Å².